The van der Waals surface area contributed by atoms with Gasteiger partial charge in [-0.3, -0.25) is 4.79 Å². The van der Waals surface area contributed by atoms with Crippen LogP contribution in [0.4, 0.5) is 5.69 Å². The van der Waals surface area contributed by atoms with Crippen molar-refractivity contribution in [2.75, 3.05) is 24.8 Å². The molecule has 1 heterocycles. The fourth-order valence-electron chi connectivity index (χ4n) is 6.81. The van der Waals surface area contributed by atoms with Gasteiger partial charge >= 0.3 is 0 Å². The number of amides is 1. The number of benzene rings is 2. The van der Waals surface area contributed by atoms with Crippen LogP contribution in [0.2, 0.25) is 0 Å². The molecule has 0 atom stereocenters. The predicted octanol–water partition coefficient (Wildman–Crippen LogP) is 6.96. The summed E-state index contributed by atoms with van der Waals surface area (Å²) in [5.74, 6) is 1.74. The van der Waals surface area contributed by atoms with Crippen LogP contribution in [-0.4, -0.2) is 50.4 Å². The summed E-state index contributed by atoms with van der Waals surface area (Å²) in [5.41, 5.74) is 3.07. The molecule has 9 heteroatoms. The van der Waals surface area contributed by atoms with Gasteiger partial charge in [0.05, 0.1) is 23.1 Å². The molecule has 0 radical (unpaired) electrons. The van der Waals surface area contributed by atoms with Crippen LogP contribution in [0.15, 0.2) is 53.6 Å². The van der Waals surface area contributed by atoms with Gasteiger partial charge in [-0.05, 0) is 111 Å². The Labute approximate surface area is 259 Å². The van der Waals surface area contributed by atoms with Crippen molar-refractivity contribution in [1.29, 1.82) is 0 Å². The highest BCUT2D eigenvalue weighted by Crippen LogP contribution is 2.44. The van der Waals surface area contributed by atoms with Gasteiger partial charge in [0.1, 0.15) is 10.6 Å². The van der Waals surface area contributed by atoms with Crippen molar-refractivity contribution < 1.29 is 23.1 Å². The molecule has 3 aromatic rings. The molecule has 230 valence electrons. The van der Waals surface area contributed by atoms with Crippen LogP contribution in [0.3, 0.4) is 0 Å². The molecular formula is C34H42N2O5S2. The summed E-state index contributed by atoms with van der Waals surface area (Å²) in [6.45, 7) is 0.668. The van der Waals surface area contributed by atoms with E-state index >= 15 is 0 Å². The van der Waals surface area contributed by atoms with Gasteiger partial charge in [0.25, 0.3) is 0 Å². The van der Waals surface area contributed by atoms with Gasteiger partial charge in [-0.25, -0.2) is 13.4 Å². The number of hydrogen-bond acceptors (Lipinski definition) is 7. The minimum atomic E-state index is -3.40. The molecular weight excluding hydrogens is 581 g/mol. The Bertz CT molecular complexity index is 1550. The number of nitrogens with zero attached hydrogens (tertiary/aromatic N) is 2. The lowest BCUT2D eigenvalue weighted by atomic mass is 9.78. The lowest BCUT2D eigenvalue weighted by molar-refractivity contribution is -0.124. The first-order valence-corrected chi connectivity index (χ1v) is 18.3. The van der Waals surface area contributed by atoms with E-state index in [1.165, 1.54) is 31.2 Å². The molecule has 7 nitrogen and oxygen atoms in total. The van der Waals surface area contributed by atoms with Crippen LogP contribution in [-0.2, 0) is 14.6 Å². The molecule has 0 aliphatic heterocycles. The molecule has 3 aliphatic carbocycles. The SMILES string of the molecule is COc1ccc(C2CCC(CN(C(=O)C3CCC(O)CC3)c3cccc(-c4cnc(C5CC5)s4)c3)CC2)cc1S(C)(=O)=O. The smallest absolute Gasteiger partial charge is 0.230 e. The standard InChI is InChI=1S/C34H42N2O5S2/c1-41-30-17-14-26(19-32(30)43(2,39)40)23-8-6-22(7-9-23)21-36(34(38)25-12-15-29(37)16-13-25)28-5-3-4-27(18-28)31-20-35-33(42-31)24-10-11-24/h3-5,14,17-20,22-25,29,37H,6-13,15-16,21H2,1-2H3. The van der Waals surface area contributed by atoms with Crippen LogP contribution in [0, 0.1) is 11.8 Å². The van der Waals surface area contributed by atoms with Crippen molar-refractivity contribution in [1.82, 2.24) is 4.98 Å². The van der Waals surface area contributed by atoms with Crippen LogP contribution in [0.25, 0.3) is 10.4 Å². The number of ether oxygens (including phenoxy) is 1. The molecule has 3 saturated carbocycles. The minimum absolute atomic E-state index is 0.0676. The van der Waals surface area contributed by atoms with E-state index in [9.17, 15) is 18.3 Å². The summed E-state index contributed by atoms with van der Waals surface area (Å²) in [5, 5.41) is 11.3. The first-order chi connectivity index (χ1) is 20.7. The van der Waals surface area contributed by atoms with E-state index in [2.05, 4.69) is 23.2 Å². The van der Waals surface area contributed by atoms with Crippen LogP contribution in [0.1, 0.15) is 86.6 Å². The first kappa shape index (κ1) is 30.3. The molecule has 0 bridgehead atoms. The molecule has 1 N–H and O–H groups in total. The number of rotatable bonds is 9. The maximum absolute atomic E-state index is 14.1. The van der Waals surface area contributed by atoms with Gasteiger partial charge in [-0.1, -0.05) is 18.2 Å². The first-order valence-electron chi connectivity index (χ1n) is 15.6. The Morgan fingerprint density at radius 2 is 1.70 bits per heavy atom. The molecule has 3 fully saturated rings. The van der Waals surface area contributed by atoms with E-state index in [0.29, 0.717) is 37.0 Å². The molecule has 0 unspecified atom stereocenters. The highest BCUT2D eigenvalue weighted by atomic mass is 32.2. The number of methoxy groups -OCH3 is 1. The van der Waals surface area contributed by atoms with Crippen molar-refractivity contribution in [3.05, 3.63) is 59.2 Å². The lowest BCUT2D eigenvalue weighted by Gasteiger charge is -2.36. The highest BCUT2D eigenvalue weighted by molar-refractivity contribution is 7.90. The number of carbonyl (C=O) groups excluding carboxylic acids is 1. The normalized spacial score (nSPS) is 24.4. The molecule has 0 spiro atoms. The number of aromatic nitrogens is 1. The summed E-state index contributed by atoms with van der Waals surface area (Å²) in [7, 11) is -1.90. The number of aliphatic hydroxyl groups excluding tert-OH is 1. The van der Waals surface area contributed by atoms with Crippen LogP contribution >= 0.6 is 11.3 Å². The Kier molecular flexibility index (Phi) is 8.94. The van der Waals surface area contributed by atoms with Gasteiger partial charge in [-0.2, -0.15) is 0 Å². The zero-order valence-corrected chi connectivity index (χ0v) is 26.7. The van der Waals surface area contributed by atoms with Crippen LogP contribution in [0.5, 0.6) is 5.75 Å². The van der Waals surface area contributed by atoms with E-state index < -0.39 is 9.84 Å². The molecule has 3 aliphatic rings. The van der Waals surface area contributed by atoms with Gasteiger partial charge in [0, 0.05) is 36.5 Å². The number of carbonyl (C=O) groups is 1. The fourth-order valence-corrected chi connectivity index (χ4v) is 8.76. The van der Waals surface area contributed by atoms with Crippen molar-refractivity contribution in [2.45, 2.75) is 87.0 Å². The van der Waals surface area contributed by atoms with E-state index in [1.807, 2.05) is 23.2 Å². The predicted molar refractivity (Wildman–Crippen MR) is 171 cm³/mol. The summed E-state index contributed by atoms with van der Waals surface area (Å²) in [6, 6.07) is 13.9. The minimum Gasteiger partial charge on any atom is -0.495 e. The number of sulfone groups is 1. The van der Waals surface area contributed by atoms with Crippen LogP contribution < -0.4 is 9.64 Å². The third-order valence-corrected chi connectivity index (χ3v) is 11.9. The molecule has 0 saturated heterocycles. The van der Waals surface area contributed by atoms with E-state index in [0.717, 1.165) is 60.2 Å². The zero-order valence-electron chi connectivity index (χ0n) is 25.1. The third kappa shape index (κ3) is 6.99. The highest BCUT2D eigenvalue weighted by Gasteiger charge is 2.33. The maximum Gasteiger partial charge on any atom is 0.230 e. The maximum atomic E-state index is 14.1. The Morgan fingerprint density at radius 3 is 2.37 bits per heavy atom. The van der Waals surface area contributed by atoms with Crippen molar-refractivity contribution in [2.24, 2.45) is 11.8 Å². The molecule has 6 rings (SSSR count). The Hall–Kier alpha value is -2.75. The second-order valence-electron chi connectivity index (χ2n) is 12.7. The van der Waals surface area contributed by atoms with E-state index in [4.69, 9.17) is 4.74 Å². The fraction of sp³-hybridized carbons (Fsp3) is 0.529. The summed E-state index contributed by atoms with van der Waals surface area (Å²) >= 11 is 1.76. The zero-order chi connectivity index (χ0) is 30.1. The van der Waals surface area contributed by atoms with Crippen molar-refractivity contribution in [3.8, 4) is 16.2 Å². The Morgan fingerprint density at radius 1 is 0.977 bits per heavy atom. The molecule has 1 amide bonds. The molecule has 43 heavy (non-hydrogen) atoms. The average molecular weight is 623 g/mol. The van der Waals surface area contributed by atoms with Crippen molar-refractivity contribution in [3.63, 3.8) is 0 Å². The average Bonchev–Trinajstić information content (AvgIpc) is 3.75. The van der Waals surface area contributed by atoms with Crippen molar-refractivity contribution >= 4 is 32.8 Å². The van der Waals surface area contributed by atoms with Gasteiger partial charge in [-0.15, -0.1) is 11.3 Å². The lowest BCUT2D eigenvalue weighted by Crippen LogP contribution is -2.41. The van der Waals surface area contributed by atoms with E-state index in [1.54, 1.807) is 23.5 Å². The van der Waals surface area contributed by atoms with E-state index in [-0.39, 0.29) is 28.7 Å². The van der Waals surface area contributed by atoms with Gasteiger partial charge in [0.15, 0.2) is 9.84 Å². The Balaban J connectivity index is 1.20. The number of aliphatic hydroxyl groups is 1. The number of hydrogen-bond donors (Lipinski definition) is 1. The van der Waals surface area contributed by atoms with Gasteiger partial charge in [0.2, 0.25) is 5.91 Å². The summed E-state index contributed by atoms with van der Waals surface area (Å²) in [4.78, 5) is 22.2. The second kappa shape index (κ2) is 12.7. The molecule has 2 aromatic carbocycles. The second-order valence-corrected chi connectivity index (χ2v) is 15.8. The summed E-state index contributed by atoms with van der Waals surface area (Å²) in [6.07, 6.45) is 12.0. The topological polar surface area (TPSA) is 96.8 Å². The largest absolute Gasteiger partial charge is 0.495 e. The number of anilines is 1. The molecule has 1 aromatic heterocycles. The number of thiazole rings is 1. The van der Waals surface area contributed by atoms with Gasteiger partial charge < -0.3 is 14.7 Å². The third-order valence-electron chi connectivity index (χ3n) is 9.55. The monoisotopic (exact) mass is 622 g/mol. The summed E-state index contributed by atoms with van der Waals surface area (Å²) < 4.78 is 30.1. The quantitative estimate of drug-likeness (QED) is 0.277.